The van der Waals surface area contributed by atoms with Gasteiger partial charge in [0, 0.05) is 0 Å². The molecule has 0 aliphatic rings. The van der Waals surface area contributed by atoms with E-state index in [9.17, 15) is 13.2 Å². The molecule has 0 unspecified atom stereocenters. The van der Waals surface area contributed by atoms with Crippen molar-refractivity contribution in [3.05, 3.63) is 90.0 Å². The SMILES string of the molecule is CCCCCc1ccc2c(-c3cc(F)c(-c4ccc(OC(F)(F)F)cc4)c(F)c3)cccc2c1. The number of hydrogen-bond acceptors (Lipinski definition) is 1. The van der Waals surface area contributed by atoms with Gasteiger partial charge in [-0.05, 0) is 70.1 Å². The van der Waals surface area contributed by atoms with Gasteiger partial charge in [0.25, 0.3) is 0 Å². The van der Waals surface area contributed by atoms with Crippen LogP contribution in [-0.4, -0.2) is 6.36 Å². The van der Waals surface area contributed by atoms with Crippen molar-refractivity contribution in [1.29, 1.82) is 0 Å². The zero-order valence-electron chi connectivity index (χ0n) is 18.6. The topological polar surface area (TPSA) is 9.23 Å². The summed E-state index contributed by atoms with van der Waals surface area (Å²) in [6, 6.07) is 18.7. The van der Waals surface area contributed by atoms with Crippen LogP contribution in [0.1, 0.15) is 31.7 Å². The molecule has 0 fully saturated rings. The third-order valence-electron chi connectivity index (χ3n) is 5.74. The fraction of sp³-hybridized carbons (Fsp3) is 0.214. The second-order valence-electron chi connectivity index (χ2n) is 8.21. The predicted molar refractivity (Wildman–Crippen MR) is 125 cm³/mol. The maximum absolute atomic E-state index is 15.0. The first-order valence-electron chi connectivity index (χ1n) is 11.1. The first-order chi connectivity index (χ1) is 16.2. The molecule has 4 aromatic rings. The number of alkyl halides is 3. The third kappa shape index (κ3) is 5.38. The Morgan fingerprint density at radius 2 is 1.47 bits per heavy atom. The standard InChI is InChI=1S/C28H23F5O/c1-2-3-4-6-18-9-14-24-20(15-18)7-5-8-23(24)21-16-25(29)27(26(30)17-21)19-10-12-22(13-11-19)34-28(31,32)33/h5,7-17H,2-4,6H2,1H3. The lowest BCUT2D eigenvalue weighted by molar-refractivity contribution is -0.274. The van der Waals surface area contributed by atoms with Gasteiger partial charge in [0.2, 0.25) is 0 Å². The molecule has 6 heteroatoms. The van der Waals surface area contributed by atoms with Crippen molar-refractivity contribution < 1.29 is 26.7 Å². The highest BCUT2D eigenvalue weighted by Gasteiger charge is 2.31. The Balaban J connectivity index is 1.66. The minimum Gasteiger partial charge on any atom is -0.406 e. The van der Waals surface area contributed by atoms with Gasteiger partial charge in [0.05, 0.1) is 5.56 Å². The molecule has 0 saturated carbocycles. The van der Waals surface area contributed by atoms with E-state index < -0.39 is 23.7 Å². The smallest absolute Gasteiger partial charge is 0.406 e. The number of hydrogen-bond donors (Lipinski definition) is 0. The lowest BCUT2D eigenvalue weighted by Gasteiger charge is -2.13. The van der Waals surface area contributed by atoms with Gasteiger partial charge in [-0.1, -0.05) is 68.3 Å². The maximum Gasteiger partial charge on any atom is 0.573 e. The summed E-state index contributed by atoms with van der Waals surface area (Å²) in [6.45, 7) is 2.16. The highest BCUT2D eigenvalue weighted by Crippen LogP contribution is 2.35. The molecule has 34 heavy (non-hydrogen) atoms. The van der Waals surface area contributed by atoms with E-state index >= 15 is 8.78 Å². The molecule has 0 amide bonds. The Morgan fingerprint density at radius 1 is 0.765 bits per heavy atom. The van der Waals surface area contributed by atoms with Gasteiger partial charge in [-0.25, -0.2) is 8.78 Å². The van der Waals surface area contributed by atoms with E-state index in [1.807, 2.05) is 30.3 Å². The lowest BCUT2D eigenvalue weighted by Crippen LogP contribution is -2.16. The van der Waals surface area contributed by atoms with Crippen LogP contribution in [0.3, 0.4) is 0 Å². The van der Waals surface area contributed by atoms with Crippen LogP contribution in [0.15, 0.2) is 72.8 Å². The van der Waals surface area contributed by atoms with Gasteiger partial charge in [-0.3, -0.25) is 0 Å². The molecular formula is C28H23F5O. The minimum atomic E-state index is -4.84. The van der Waals surface area contributed by atoms with E-state index in [0.29, 0.717) is 11.1 Å². The average molecular weight is 470 g/mol. The molecule has 176 valence electrons. The van der Waals surface area contributed by atoms with Crippen molar-refractivity contribution in [2.45, 2.75) is 39.0 Å². The first kappa shape index (κ1) is 23.7. The molecule has 0 aliphatic carbocycles. The first-order valence-corrected chi connectivity index (χ1v) is 11.1. The van der Waals surface area contributed by atoms with Crippen LogP contribution in [0.5, 0.6) is 5.75 Å². The highest BCUT2D eigenvalue weighted by molar-refractivity contribution is 5.97. The normalized spacial score (nSPS) is 11.7. The molecule has 0 radical (unpaired) electrons. The zero-order chi connectivity index (χ0) is 24.3. The summed E-state index contributed by atoms with van der Waals surface area (Å²) in [4.78, 5) is 0. The summed E-state index contributed by atoms with van der Waals surface area (Å²) >= 11 is 0. The minimum absolute atomic E-state index is 0.116. The second kappa shape index (κ2) is 9.84. The number of ether oxygens (including phenoxy) is 1. The van der Waals surface area contributed by atoms with Gasteiger partial charge in [0.15, 0.2) is 0 Å². The summed E-state index contributed by atoms with van der Waals surface area (Å²) in [5, 5.41) is 1.89. The van der Waals surface area contributed by atoms with E-state index in [-0.39, 0.29) is 11.1 Å². The molecule has 0 atom stereocenters. The molecule has 0 N–H and O–H groups in total. The summed E-state index contributed by atoms with van der Waals surface area (Å²) in [5.41, 5.74) is 2.13. The Bertz CT molecular complexity index is 1270. The van der Waals surface area contributed by atoms with Crippen molar-refractivity contribution in [1.82, 2.24) is 0 Å². The van der Waals surface area contributed by atoms with Crippen molar-refractivity contribution in [3.63, 3.8) is 0 Å². The summed E-state index contributed by atoms with van der Waals surface area (Å²) in [7, 11) is 0. The van der Waals surface area contributed by atoms with E-state index in [1.54, 1.807) is 0 Å². The van der Waals surface area contributed by atoms with Gasteiger partial charge >= 0.3 is 6.36 Å². The Hall–Kier alpha value is -3.41. The van der Waals surface area contributed by atoms with Crippen LogP contribution in [0.25, 0.3) is 33.0 Å². The number of rotatable bonds is 7. The molecule has 0 aliphatic heterocycles. The Kier molecular flexibility index (Phi) is 6.87. The molecule has 0 bridgehead atoms. The highest BCUT2D eigenvalue weighted by atomic mass is 19.4. The predicted octanol–water partition coefficient (Wildman–Crippen LogP) is 9.08. The van der Waals surface area contributed by atoms with Crippen molar-refractivity contribution in [2.24, 2.45) is 0 Å². The maximum atomic E-state index is 15.0. The van der Waals surface area contributed by atoms with Gasteiger partial charge < -0.3 is 4.74 Å². The monoisotopic (exact) mass is 470 g/mol. The van der Waals surface area contributed by atoms with E-state index in [2.05, 4.69) is 17.7 Å². The lowest BCUT2D eigenvalue weighted by atomic mass is 9.94. The molecule has 0 aromatic heterocycles. The third-order valence-corrected chi connectivity index (χ3v) is 5.74. The Labute approximate surface area is 194 Å². The van der Waals surface area contributed by atoms with Crippen molar-refractivity contribution in [3.8, 4) is 28.0 Å². The largest absolute Gasteiger partial charge is 0.573 e. The molecule has 1 nitrogen and oxygen atoms in total. The van der Waals surface area contributed by atoms with E-state index in [4.69, 9.17) is 0 Å². The number of fused-ring (bicyclic) bond motifs is 1. The Morgan fingerprint density at radius 3 is 2.12 bits per heavy atom. The fourth-order valence-electron chi connectivity index (χ4n) is 4.15. The molecule has 0 heterocycles. The van der Waals surface area contributed by atoms with Crippen molar-refractivity contribution >= 4 is 10.8 Å². The van der Waals surface area contributed by atoms with Gasteiger partial charge in [-0.15, -0.1) is 13.2 Å². The number of halogens is 5. The fourth-order valence-corrected chi connectivity index (χ4v) is 4.15. The number of benzene rings is 4. The number of unbranched alkanes of at least 4 members (excludes halogenated alkanes) is 2. The molecular weight excluding hydrogens is 447 g/mol. The zero-order valence-corrected chi connectivity index (χ0v) is 18.6. The quantitative estimate of drug-likeness (QED) is 0.193. The summed E-state index contributed by atoms with van der Waals surface area (Å²) in [5.74, 6) is -2.06. The molecule has 4 aromatic carbocycles. The van der Waals surface area contributed by atoms with Crippen LogP contribution >= 0.6 is 0 Å². The van der Waals surface area contributed by atoms with Gasteiger partial charge in [0.1, 0.15) is 17.4 Å². The van der Waals surface area contributed by atoms with Crippen LogP contribution < -0.4 is 4.74 Å². The molecule has 0 saturated heterocycles. The van der Waals surface area contributed by atoms with E-state index in [1.165, 1.54) is 36.2 Å². The van der Waals surface area contributed by atoms with E-state index in [0.717, 1.165) is 42.2 Å². The number of aryl methyl sites for hydroxylation is 1. The summed E-state index contributed by atoms with van der Waals surface area (Å²) < 4.78 is 71.0. The van der Waals surface area contributed by atoms with Crippen LogP contribution in [-0.2, 0) is 6.42 Å². The molecule has 4 rings (SSSR count). The van der Waals surface area contributed by atoms with Crippen LogP contribution in [0.4, 0.5) is 22.0 Å². The van der Waals surface area contributed by atoms with Crippen LogP contribution in [0.2, 0.25) is 0 Å². The van der Waals surface area contributed by atoms with Crippen LogP contribution in [0, 0.1) is 11.6 Å². The second-order valence-corrected chi connectivity index (χ2v) is 8.21. The van der Waals surface area contributed by atoms with Crippen molar-refractivity contribution in [2.75, 3.05) is 0 Å². The molecule has 0 spiro atoms. The average Bonchev–Trinajstić information content (AvgIpc) is 2.78. The summed E-state index contributed by atoms with van der Waals surface area (Å²) in [6.07, 6.45) is -0.423. The van der Waals surface area contributed by atoms with Gasteiger partial charge in [-0.2, -0.15) is 0 Å².